The average molecular weight is 281 g/mol. The molecule has 0 amide bonds. The molecule has 1 atom stereocenters. The number of hydrogen-bond acceptors (Lipinski definition) is 4. The third kappa shape index (κ3) is 5.80. The molecule has 0 aliphatic rings. The maximum Gasteiger partial charge on any atom is 0.161 e. The first-order chi connectivity index (χ1) is 9.35. The SMILES string of the molecule is COc1ccc(CNC(C)(C)C)cc1OCC(C)OC. The lowest BCUT2D eigenvalue weighted by Crippen LogP contribution is -2.35. The Morgan fingerprint density at radius 1 is 1.15 bits per heavy atom. The summed E-state index contributed by atoms with van der Waals surface area (Å²) in [6, 6.07) is 6.00. The molecule has 4 nitrogen and oxygen atoms in total. The molecular formula is C16H27NO3. The van der Waals surface area contributed by atoms with Gasteiger partial charge >= 0.3 is 0 Å². The maximum absolute atomic E-state index is 5.78. The van der Waals surface area contributed by atoms with E-state index in [2.05, 4.69) is 26.1 Å². The van der Waals surface area contributed by atoms with E-state index in [0.29, 0.717) is 6.61 Å². The molecule has 20 heavy (non-hydrogen) atoms. The van der Waals surface area contributed by atoms with E-state index in [-0.39, 0.29) is 11.6 Å². The number of nitrogens with one attached hydrogen (secondary N) is 1. The summed E-state index contributed by atoms with van der Waals surface area (Å²) in [6.45, 7) is 9.71. The van der Waals surface area contributed by atoms with Gasteiger partial charge in [0.15, 0.2) is 11.5 Å². The molecule has 0 bridgehead atoms. The normalized spacial score (nSPS) is 13.1. The highest BCUT2D eigenvalue weighted by atomic mass is 16.5. The van der Waals surface area contributed by atoms with Crippen molar-refractivity contribution in [3.05, 3.63) is 23.8 Å². The van der Waals surface area contributed by atoms with E-state index in [1.807, 2.05) is 25.1 Å². The molecular weight excluding hydrogens is 254 g/mol. The van der Waals surface area contributed by atoms with E-state index in [1.54, 1.807) is 14.2 Å². The van der Waals surface area contributed by atoms with Crippen LogP contribution < -0.4 is 14.8 Å². The van der Waals surface area contributed by atoms with Crippen molar-refractivity contribution in [1.29, 1.82) is 0 Å². The second-order valence-electron chi connectivity index (χ2n) is 5.95. The van der Waals surface area contributed by atoms with Crippen LogP contribution in [0.3, 0.4) is 0 Å². The average Bonchev–Trinajstić information content (AvgIpc) is 2.41. The lowest BCUT2D eigenvalue weighted by molar-refractivity contribution is 0.0705. The fourth-order valence-electron chi connectivity index (χ4n) is 1.59. The van der Waals surface area contributed by atoms with E-state index < -0.39 is 0 Å². The fourth-order valence-corrected chi connectivity index (χ4v) is 1.59. The van der Waals surface area contributed by atoms with Gasteiger partial charge < -0.3 is 19.5 Å². The first kappa shape index (κ1) is 16.8. The zero-order chi connectivity index (χ0) is 15.2. The molecule has 0 aromatic heterocycles. The van der Waals surface area contributed by atoms with E-state index in [9.17, 15) is 0 Å². The van der Waals surface area contributed by atoms with Crippen LogP contribution in [0, 0.1) is 0 Å². The summed E-state index contributed by atoms with van der Waals surface area (Å²) in [4.78, 5) is 0. The highest BCUT2D eigenvalue weighted by molar-refractivity contribution is 5.43. The number of benzene rings is 1. The van der Waals surface area contributed by atoms with Gasteiger partial charge in [-0.1, -0.05) is 6.07 Å². The van der Waals surface area contributed by atoms with Gasteiger partial charge in [-0.15, -0.1) is 0 Å². The Labute approximate surface area is 122 Å². The Balaban J connectivity index is 2.74. The van der Waals surface area contributed by atoms with Crippen LogP contribution in [0.5, 0.6) is 11.5 Å². The lowest BCUT2D eigenvalue weighted by Gasteiger charge is -2.21. The maximum atomic E-state index is 5.78. The van der Waals surface area contributed by atoms with Crippen LogP contribution in [0.15, 0.2) is 18.2 Å². The molecule has 0 fully saturated rings. The third-order valence-corrected chi connectivity index (χ3v) is 2.93. The summed E-state index contributed by atoms with van der Waals surface area (Å²) >= 11 is 0. The number of rotatable bonds is 7. The van der Waals surface area contributed by atoms with Gasteiger partial charge in [0.1, 0.15) is 6.61 Å². The van der Waals surface area contributed by atoms with Gasteiger partial charge in [0, 0.05) is 19.2 Å². The molecule has 0 saturated carbocycles. The molecule has 0 aliphatic carbocycles. The van der Waals surface area contributed by atoms with E-state index in [4.69, 9.17) is 14.2 Å². The minimum Gasteiger partial charge on any atom is -0.493 e. The van der Waals surface area contributed by atoms with E-state index in [1.165, 1.54) is 5.56 Å². The summed E-state index contributed by atoms with van der Waals surface area (Å²) in [5.74, 6) is 1.50. The molecule has 1 aromatic carbocycles. The molecule has 0 radical (unpaired) electrons. The van der Waals surface area contributed by atoms with Gasteiger partial charge in [-0.25, -0.2) is 0 Å². The first-order valence-corrected chi connectivity index (χ1v) is 6.93. The molecule has 1 aromatic rings. The van der Waals surface area contributed by atoms with Crippen LogP contribution in [-0.2, 0) is 11.3 Å². The topological polar surface area (TPSA) is 39.7 Å². The smallest absolute Gasteiger partial charge is 0.161 e. The van der Waals surface area contributed by atoms with Crippen LogP contribution in [0.4, 0.5) is 0 Å². The molecule has 4 heteroatoms. The Morgan fingerprint density at radius 3 is 2.40 bits per heavy atom. The van der Waals surface area contributed by atoms with Crippen LogP contribution in [-0.4, -0.2) is 32.5 Å². The molecule has 114 valence electrons. The summed E-state index contributed by atoms with van der Waals surface area (Å²) in [7, 11) is 3.32. The largest absolute Gasteiger partial charge is 0.493 e. The zero-order valence-electron chi connectivity index (χ0n) is 13.4. The molecule has 1 N–H and O–H groups in total. The molecule has 1 rings (SSSR count). The molecule has 1 unspecified atom stereocenters. The van der Waals surface area contributed by atoms with Gasteiger partial charge in [-0.3, -0.25) is 0 Å². The van der Waals surface area contributed by atoms with Gasteiger partial charge in [-0.2, -0.15) is 0 Å². The summed E-state index contributed by atoms with van der Waals surface area (Å²) in [5, 5.41) is 3.46. The second-order valence-corrected chi connectivity index (χ2v) is 5.95. The second kappa shape index (κ2) is 7.50. The van der Waals surface area contributed by atoms with Crippen molar-refractivity contribution in [3.8, 4) is 11.5 Å². The van der Waals surface area contributed by atoms with Crippen LogP contribution in [0.25, 0.3) is 0 Å². The van der Waals surface area contributed by atoms with Gasteiger partial charge in [-0.05, 0) is 45.4 Å². The van der Waals surface area contributed by atoms with Crippen molar-refractivity contribution in [2.24, 2.45) is 0 Å². The van der Waals surface area contributed by atoms with Crippen molar-refractivity contribution < 1.29 is 14.2 Å². The van der Waals surface area contributed by atoms with Crippen LogP contribution >= 0.6 is 0 Å². The molecule has 0 aliphatic heterocycles. The predicted octanol–water partition coefficient (Wildman–Crippen LogP) is 3.00. The summed E-state index contributed by atoms with van der Waals surface area (Å²) < 4.78 is 16.3. The van der Waals surface area contributed by atoms with E-state index >= 15 is 0 Å². The Kier molecular flexibility index (Phi) is 6.30. The minimum absolute atomic E-state index is 0.0519. The third-order valence-electron chi connectivity index (χ3n) is 2.93. The number of ether oxygens (including phenoxy) is 3. The summed E-state index contributed by atoms with van der Waals surface area (Å²) in [5.41, 5.74) is 1.26. The van der Waals surface area contributed by atoms with Crippen LogP contribution in [0.2, 0.25) is 0 Å². The zero-order valence-corrected chi connectivity index (χ0v) is 13.4. The predicted molar refractivity (Wildman–Crippen MR) is 81.6 cm³/mol. The first-order valence-electron chi connectivity index (χ1n) is 6.93. The van der Waals surface area contributed by atoms with Crippen molar-refractivity contribution in [2.75, 3.05) is 20.8 Å². The number of methoxy groups -OCH3 is 2. The standard InChI is InChI=1S/C16H27NO3/c1-12(18-5)11-20-15-9-13(7-8-14(15)19-6)10-17-16(2,3)4/h7-9,12,17H,10-11H2,1-6H3. The Morgan fingerprint density at radius 2 is 1.85 bits per heavy atom. The van der Waals surface area contributed by atoms with Crippen molar-refractivity contribution in [2.45, 2.75) is 45.9 Å². The highest BCUT2D eigenvalue weighted by Gasteiger charge is 2.11. The highest BCUT2D eigenvalue weighted by Crippen LogP contribution is 2.28. The number of hydrogen-bond donors (Lipinski definition) is 1. The van der Waals surface area contributed by atoms with Gasteiger partial charge in [0.05, 0.1) is 13.2 Å². The quantitative estimate of drug-likeness (QED) is 0.834. The monoisotopic (exact) mass is 281 g/mol. The van der Waals surface area contributed by atoms with Crippen molar-refractivity contribution in [3.63, 3.8) is 0 Å². The van der Waals surface area contributed by atoms with Gasteiger partial charge in [0.2, 0.25) is 0 Å². The molecule has 0 saturated heterocycles. The minimum atomic E-state index is 0.0519. The Hall–Kier alpha value is -1.26. The fraction of sp³-hybridized carbons (Fsp3) is 0.625. The Bertz CT molecular complexity index is 413. The molecule has 0 spiro atoms. The van der Waals surface area contributed by atoms with Crippen molar-refractivity contribution in [1.82, 2.24) is 5.32 Å². The van der Waals surface area contributed by atoms with Crippen LogP contribution in [0.1, 0.15) is 33.3 Å². The summed E-state index contributed by atoms with van der Waals surface area (Å²) in [6.07, 6.45) is 0.0519. The van der Waals surface area contributed by atoms with E-state index in [0.717, 1.165) is 18.0 Å². The van der Waals surface area contributed by atoms with Gasteiger partial charge in [0.25, 0.3) is 0 Å². The molecule has 0 heterocycles. The lowest BCUT2D eigenvalue weighted by atomic mass is 10.1. The van der Waals surface area contributed by atoms with Crippen molar-refractivity contribution >= 4 is 0 Å².